The molecule has 1 aliphatic heterocycles. The van der Waals surface area contributed by atoms with E-state index in [1.807, 2.05) is 43.3 Å². The van der Waals surface area contributed by atoms with Crippen molar-refractivity contribution in [1.29, 1.82) is 0 Å². The molecule has 0 aromatic heterocycles. The second kappa shape index (κ2) is 5.81. The zero-order chi connectivity index (χ0) is 14.7. The quantitative estimate of drug-likeness (QED) is 0.882. The largest absolute Gasteiger partial charge is 0.481 e. The average molecular weight is 277 g/mol. The van der Waals surface area contributed by atoms with Crippen molar-refractivity contribution in [3.8, 4) is 0 Å². The molecule has 2 rings (SSSR count). The molecular formula is C14H19N3O3. The van der Waals surface area contributed by atoms with Gasteiger partial charge in [-0.1, -0.05) is 12.1 Å². The van der Waals surface area contributed by atoms with Crippen LogP contribution < -0.4 is 10.2 Å². The number of aliphatic carboxylic acids is 1. The minimum Gasteiger partial charge on any atom is -0.481 e. The second-order valence-corrected chi connectivity index (χ2v) is 5.11. The topological polar surface area (TPSA) is 72.9 Å². The van der Waals surface area contributed by atoms with Gasteiger partial charge in [-0.25, -0.2) is 4.79 Å². The number of carboxylic acid groups (broad SMARTS) is 1. The summed E-state index contributed by atoms with van der Waals surface area (Å²) in [5.74, 6) is -1.29. The number of amides is 2. The van der Waals surface area contributed by atoms with Crippen LogP contribution in [0.3, 0.4) is 0 Å². The van der Waals surface area contributed by atoms with Crippen molar-refractivity contribution >= 4 is 23.4 Å². The Kier molecular flexibility index (Phi) is 4.12. The molecule has 0 bridgehead atoms. The first-order valence-electron chi connectivity index (χ1n) is 6.54. The smallest absolute Gasteiger partial charge is 0.321 e. The third-order valence-electron chi connectivity index (χ3n) is 3.45. The van der Waals surface area contributed by atoms with Gasteiger partial charge in [0.2, 0.25) is 0 Å². The van der Waals surface area contributed by atoms with E-state index in [1.165, 1.54) is 0 Å². The molecule has 6 nitrogen and oxygen atoms in total. The Labute approximate surface area is 118 Å². The predicted octanol–water partition coefficient (Wildman–Crippen LogP) is 1.69. The van der Waals surface area contributed by atoms with E-state index in [1.54, 1.807) is 4.90 Å². The Hall–Kier alpha value is -2.24. The normalized spacial score (nSPS) is 17.9. The summed E-state index contributed by atoms with van der Waals surface area (Å²) in [6.45, 7) is 0.748. The Morgan fingerprint density at radius 2 is 2.05 bits per heavy atom. The number of benzene rings is 1. The summed E-state index contributed by atoms with van der Waals surface area (Å²) in [6, 6.07) is 7.26. The fourth-order valence-corrected chi connectivity index (χ4v) is 2.31. The highest BCUT2D eigenvalue weighted by Crippen LogP contribution is 2.25. The lowest BCUT2D eigenvalue weighted by Gasteiger charge is -2.21. The van der Waals surface area contributed by atoms with Gasteiger partial charge < -0.3 is 20.2 Å². The molecule has 1 unspecified atom stereocenters. The number of rotatable bonds is 3. The van der Waals surface area contributed by atoms with Gasteiger partial charge in [0.1, 0.15) is 0 Å². The van der Waals surface area contributed by atoms with Crippen LogP contribution in [0, 0.1) is 5.92 Å². The molecule has 0 saturated carbocycles. The summed E-state index contributed by atoms with van der Waals surface area (Å²) in [4.78, 5) is 26.5. The zero-order valence-electron chi connectivity index (χ0n) is 11.7. The molecule has 6 heteroatoms. The fraction of sp³-hybridized carbons (Fsp3) is 0.429. The monoisotopic (exact) mass is 277 g/mol. The van der Waals surface area contributed by atoms with Crippen LogP contribution in [0.15, 0.2) is 24.3 Å². The molecule has 1 fully saturated rings. The Balaban J connectivity index is 2.04. The van der Waals surface area contributed by atoms with Gasteiger partial charge in [-0.15, -0.1) is 0 Å². The van der Waals surface area contributed by atoms with Crippen molar-refractivity contribution in [2.24, 2.45) is 5.92 Å². The van der Waals surface area contributed by atoms with Gasteiger partial charge in [-0.2, -0.15) is 0 Å². The van der Waals surface area contributed by atoms with Crippen LogP contribution in [0.4, 0.5) is 16.2 Å². The minimum absolute atomic E-state index is 0.247. The molecule has 1 atom stereocenters. The molecule has 1 aliphatic rings. The number of hydrogen-bond donors (Lipinski definition) is 2. The van der Waals surface area contributed by atoms with Crippen LogP contribution in [0.25, 0.3) is 0 Å². The van der Waals surface area contributed by atoms with Crippen LogP contribution in [-0.4, -0.2) is 49.2 Å². The number of anilines is 2. The lowest BCUT2D eigenvalue weighted by Crippen LogP contribution is -2.34. The first-order valence-corrected chi connectivity index (χ1v) is 6.54. The lowest BCUT2D eigenvalue weighted by molar-refractivity contribution is -0.141. The Bertz CT molecular complexity index is 516. The maximum atomic E-state index is 12.2. The molecular weight excluding hydrogens is 258 g/mol. The zero-order valence-corrected chi connectivity index (χ0v) is 11.7. The number of carboxylic acids is 1. The molecule has 1 aromatic carbocycles. The number of nitrogens with one attached hydrogen (secondary N) is 1. The third kappa shape index (κ3) is 3.01. The van der Waals surface area contributed by atoms with Gasteiger partial charge in [-0.3, -0.25) is 4.79 Å². The van der Waals surface area contributed by atoms with Gasteiger partial charge in [0, 0.05) is 27.2 Å². The highest BCUT2D eigenvalue weighted by molar-refractivity contribution is 5.93. The van der Waals surface area contributed by atoms with Crippen molar-refractivity contribution in [2.75, 3.05) is 37.4 Å². The molecule has 2 amide bonds. The van der Waals surface area contributed by atoms with E-state index in [0.29, 0.717) is 13.0 Å². The highest BCUT2D eigenvalue weighted by Gasteiger charge is 2.31. The third-order valence-corrected chi connectivity index (χ3v) is 3.45. The van der Waals surface area contributed by atoms with Gasteiger partial charge in [0.15, 0.2) is 0 Å². The Morgan fingerprint density at radius 3 is 2.65 bits per heavy atom. The maximum absolute atomic E-state index is 12.2. The second-order valence-electron chi connectivity index (χ2n) is 5.11. The molecule has 0 radical (unpaired) electrons. The van der Waals surface area contributed by atoms with E-state index in [0.717, 1.165) is 11.4 Å². The number of hydrogen-bond acceptors (Lipinski definition) is 3. The van der Waals surface area contributed by atoms with Crippen molar-refractivity contribution in [2.45, 2.75) is 6.42 Å². The molecule has 20 heavy (non-hydrogen) atoms. The summed E-state index contributed by atoms with van der Waals surface area (Å²) in [5.41, 5.74) is 1.64. The minimum atomic E-state index is -0.839. The van der Waals surface area contributed by atoms with E-state index in [9.17, 15) is 9.59 Å². The summed E-state index contributed by atoms with van der Waals surface area (Å²) in [5, 5.41) is 11.8. The van der Waals surface area contributed by atoms with Gasteiger partial charge in [0.25, 0.3) is 0 Å². The highest BCUT2D eigenvalue weighted by atomic mass is 16.4. The average Bonchev–Trinajstić information content (AvgIpc) is 2.89. The summed E-state index contributed by atoms with van der Waals surface area (Å²) in [7, 11) is 3.81. The van der Waals surface area contributed by atoms with Gasteiger partial charge in [0.05, 0.1) is 17.3 Å². The first kappa shape index (κ1) is 14.2. The first-order chi connectivity index (χ1) is 9.49. The Morgan fingerprint density at radius 1 is 1.35 bits per heavy atom. The van der Waals surface area contributed by atoms with Crippen LogP contribution in [0.5, 0.6) is 0 Å². The molecule has 1 heterocycles. The van der Waals surface area contributed by atoms with E-state index in [-0.39, 0.29) is 12.6 Å². The van der Waals surface area contributed by atoms with Crippen LogP contribution in [0.2, 0.25) is 0 Å². The molecule has 108 valence electrons. The van der Waals surface area contributed by atoms with E-state index < -0.39 is 11.9 Å². The number of carbonyl (C=O) groups is 2. The maximum Gasteiger partial charge on any atom is 0.321 e. The van der Waals surface area contributed by atoms with Crippen molar-refractivity contribution in [3.05, 3.63) is 24.3 Å². The number of carbonyl (C=O) groups excluding carboxylic acids is 1. The summed E-state index contributed by atoms with van der Waals surface area (Å²) >= 11 is 0. The fourth-order valence-electron chi connectivity index (χ4n) is 2.31. The molecule has 0 spiro atoms. The van der Waals surface area contributed by atoms with E-state index in [2.05, 4.69) is 5.32 Å². The lowest BCUT2D eigenvalue weighted by atomic mass is 10.1. The van der Waals surface area contributed by atoms with E-state index >= 15 is 0 Å². The van der Waals surface area contributed by atoms with E-state index in [4.69, 9.17) is 5.11 Å². The predicted molar refractivity (Wildman–Crippen MR) is 77.1 cm³/mol. The summed E-state index contributed by atoms with van der Waals surface area (Å²) in [6.07, 6.45) is 0.512. The van der Waals surface area contributed by atoms with Gasteiger partial charge >= 0.3 is 12.0 Å². The molecule has 0 aliphatic carbocycles. The van der Waals surface area contributed by atoms with Crippen molar-refractivity contribution in [1.82, 2.24) is 4.90 Å². The SMILES string of the molecule is CN(C)c1ccccc1NC(=O)N1CCC(C(=O)O)C1. The van der Waals surface area contributed by atoms with Crippen LogP contribution >= 0.6 is 0 Å². The number of nitrogens with zero attached hydrogens (tertiary/aromatic N) is 2. The number of para-hydroxylation sites is 2. The van der Waals surface area contributed by atoms with Gasteiger partial charge in [-0.05, 0) is 18.6 Å². The standard InChI is InChI=1S/C14H19N3O3/c1-16(2)12-6-4-3-5-11(12)15-14(20)17-8-7-10(9-17)13(18)19/h3-6,10H,7-9H2,1-2H3,(H,15,20)(H,18,19). The number of likely N-dealkylation sites (tertiary alicyclic amines) is 1. The molecule has 1 saturated heterocycles. The van der Waals surface area contributed by atoms with Crippen LogP contribution in [-0.2, 0) is 4.79 Å². The molecule has 2 N–H and O–H groups in total. The molecule has 1 aromatic rings. The summed E-state index contributed by atoms with van der Waals surface area (Å²) < 4.78 is 0. The van der Waals surface area contributed by atoms with Crippen molar-refractivity contribution in [3.63, 3.8) is 0 Å². The van der Waals surface area contributed by atoms with Crippen LogP contribution in [0.1, 0.15) is 6.42 Å². The van der Waals surface area contributed by atoms with Crippen molar-refractivity contribution < 1.29 is 14.7 Å². The number of urea groups is 1.